The molecule has 2 nitrogen and oxygen atoms in total. The normalized spacial score (nSPS) is 12.4. The van der Waals surface area contributed by atoms with Crippen LogP contribution in [0.3, 0.4) is 0 Å². The molecule has 0 spiro atoms. The summed E-state index contributed by atoms with van der Waals surface area (Å²) in [7, 11) is 0. The lowest BCUT2D eigenvalue weighted by Crippen LogP contribution is -1.90. The van der Waals surface area contributed by atoms with Crippen molar-refractivity contribution in [1.29, 1.82) is 0 Å². The first kappa shape index (κ1) is 18.9. The third-order valence-electron chi connectivity index (χ3n) is 3.30. The van der Waals surface area contributed by atoms with E-state index in [2.05, 4.69) is 24.3 Å². The Morgan fingerprint density at radius 3 is 1.38 bits per heavy atom. The fourth-order valence-corrected chi connectivity index (χ4v) is 3.58. The van der Waals surface area contributed by atoms with Gasteiger partial charge in [0.2, 0.25) is 0 Å². The van der Waals surface area contributed by atoms with Gasteiger partial charge in [0.05, 0.1) is 13.2 Å². The van der Waals surface area contributed by atoms with E-state index < -0.39 is 0 Å². The topological polar surface area (TPSA) is 40.5 Å². The maximum absolute atomic E-state index is 9.51. The van der Waals surface area contributed by atoms with E-state index in [1.807, 2.05) is 48.6 Å². The third-order valence-corrected chi connectivity index (χ3v) is 5.53. The summed E-state index contributed by atoms with van der Waals surface area (Å²) in [6.07, 6.45) is 3.80. The van der Waals surface area contributed by atoms with E-state index in [1.165, 1.54) is 11.1 Å². The van der Waals surface area contributed by atoms with E-state index in [4.69, 9.17) is 0 Å². The van der Waals surface area contributed by atoms with Crippen LogP contribution in [0.15, 0.2) is 82.6 Å². The van der Waals surface area contributed by atoms with Gasteiger partial charge in [0, 0.05) is 21.3 Å². The molecule has 0 atom stereocenters. The van der Waals surface area contributed by atoms with Crippen LogP contribution in [0, 0.1) is 0 Å². The fraction of sp³-hybridized carbons (Fsp3) is 0.200. The van der Waals surface area contributed by atoms with Crippen LogP contribution in [-0.2, 0) is 11.5 Å². The zero-order valence-corrected chi connectivity index (χ0v) is 15.1. The molecular formula is C20H22O2S2. The second-order valence-corrected chi connectivity index (χ2v) is 7.33. The first-order valence-electron chi connectivity index (χ1n) is 7.76. The van der Waals surface area contributed by atoms with E-state index in [9.17, 15) is 10.2 Å². The largest absolute Gasteiger partial charge is 0.391 e. The maximum atomic E-state index is 9.51. The Hall–Kier alpha value is -1.46. The summed E-state index contributed by atoms with van der Waals surface area (Å²) in [4.78, 5) is 1.79. The number of allylic oxidation sites excluding steroid dienone is 2. The van der Waals surface area contributed by atoms with Crippen LogP contribution in [0.1, 0.15) is 11.1 Å². The van der Waals surface area contributed by atoms with E-state index >= 15 is 0 Å². The first-order chi connectivity index (χ1) is 11.8. The molecule has 4 heteroatoms. The number of hydrogen-bond donors (Lipinski definition) is 2. The predicted octanol–water partition coefficient (Wildman–Crippen LogP) is 4.61. The number of rotatable bonds is 9. The molecule has 0 aliphatic heterocycles. The van der Waals surface area contributed by atoms with E-state index in [0.29, 0.717) is 0 Å². The monoisotopic (exact) mass is 358 g/mol. The average molecular weight is 359 g/mol. The van der Waals surface area contributed by atoms with E-state index in [1.54, 1.807) is 23.5 Å². The summed E-state index contributed by atoms with van der Waals surface area (Å²) in [5.74, 6) is 1.65. The third kappa shape index (κ3) is 6.97. The van der Waals surface area contributed by atoms with Crippen molar-refractivity contribution in [2.24, 2.45) is 0 Å². The summed E-state index contributed by atoms with van der Waals surface area (Å²) in [6.45, 7) is 0.0200. The lowest BCUT2D eigenvalue weighted by molar-refractivity contribution is 0.338. The summed E-state index contributed by atoms with van der Waals surface area (Å²) in [6, 6.07) is 20.4. The minimum Gasteiger partial charge on any atom is -0.391 e. The number of aliphatic hydroxyl groups excluding tert-OH is 2. The molecule has 0 aliphatic carbocycles. The molecule has 0 saturated heterocycles. The SMILES string of the molecule is OC/C(=C\C=C(/CO)SCc1ccccc1)SCc1ccccc1. The molecule has 2 aromatic rings. The Kier molecular flexibility index (Phi) is 8.77. The molecule has 0 saturated carbocycles. The van der Waals surface area contributed by atoms with Gasteiger partial charge in [-0.15, -0.1) is 23.5 Å². The highest BCUT2D eigenvalue weighted by atomic mass is 32.2. The molecule has 2 rings (SSSR count). The number of thioether (sulfide) groups is 2. The van der Waals surface area contributed by atoms with Crippen LogP contribution < -0.4 is 0 Å². The van der Waals surface area contributed by atoms with Gasteiger partial charge in [0.15, 0.2) is 0 Å². The summed E-state index contributed by atoms with van der Waals surface area (Å²) < 4.78 is 0. The highest BCUT2D eigenvalue weighted by Crippen LogP contribution is 2.24. The molecule has 126 valence electrons. The Labute approximate surface area is 152 Å². The number of aliphatic hydroxyl groups is 2. The van der Waals surface area contributed by atoms with Crippen LogP contribution in [0.4, 0.5) is 0 Å². The number of benzene rings is 2. The molecule has 0 radical (unpaired) electrons. The summed E-state index contributed by atoms with van der Waals surface area (Å²) in [5.41, 5.74) is 2.46. The predicted molar refractivity (Wildman–Crippen MR) is 106 cm³/mol. The molecule has 0 fully saturated rings. The maximum Gasteiger partial charge on any atom is 0.0740 e. The van der Waals surface area contributed by atoms with Crippen LogP contribution in [0.5, 0.6) is 0 Å². The Morgan fingerprint density at radius 1 is 0.667 bits per heavy atom. The molecule has 0 heterocycles. The van der Waals surface area contributed by atoms with Crippen LogP contribution in [0.2, 0.25) is 0 Å². The average Bonchev–Trinajstić information content (AvgIpc) is 2.65. The van der Waals surface area contributed by atoms with Gasteiger partial charge in [-0.3, -0.25) is 0 Å². The van der Waals surface area contributed by atoms with Gasteiger partial charge in [0.25, 0.3) is 0 Å². The van der Waals surface area contributed by atoms with Gasteiger partial charge in [-0.05, 0) is 23.3 Å². The second kappa shape index (κ2) is 11.2. The zero-order chi connectivity index (χ0) is 17.0. The van der Waals surface area contributed by atoms with Gasteiger partial charge >= 0.3 is 0 Å². The van der Waals surface area contributed by atoms with Crippen molar-refractivity contribution in [3.8, 4) is 0 Å². The lowest BCUT2D eigenvalue weighted by atomic mass is 10.2. The summed E-state index contributed by atoms with van der Waals surface area (Å²) in [5, 5.41) is 19.0. The highest BCUT2D eigenvalue weighted by molar-refractivity contribution is 8.02. The van der Waals surface area contributed by atoms with E-state index in [0.717, 1.165) is 21.3 Å². The number of hydrogen-bond acceptors (Lipinski definition) is 4. The van der Waals surface area contributed by atoms with Gasteiger partial charge in [-0.2, -0.15) is 0 Å². The molecule has 0 unspecified atom stereocenters. The molecule has 24 heavy (non-hydrogen) atoms. The quantitative estimate of drug-likeness (QED) is 0.643. The van der Waals surface area contributed by atoms with Gasteiger partial charge in [-0.1, -0.05) is 60.7 Å². The molecule has 2 N–H and O–H groups in total. The van der Waals surface area contributed by atoms with Crippen molar-refractivity contribution < 1.29 is 10.2 Å². The van der Waals surface area contributed by atoms with Gasteiger partial charge in [-0.25, -0.2) is 0 Å². The van der Waals surface area contributed by atoms with Gasteiger partial charge in [0.1, 0.15) is 0 Å². The van der Waals surface area contributed by atoms with Gasteiger partial charge < -0.3 is 10.2 Å². The van der Waals surface area contributed by atoms with Crippen LogP contribution >= 0.6 is 23.5 Å². The fourth-order valence-electron chi connectivity index (χ4n) is 1.98. The van der Waals surface area contributed by atoms with E-state index in [-0.39, 0.29) is 13.2 Å². The standard InChI is InChI=1S/C20H22O2S2/c21-13-19(23-15-17-7-3-1-4-8-17)11-12-20(14-22)24-16-18-9-5-2-6-10-18/h1-12,21-22H,13-16H2/b19-11+,20-12+. The Balaban J connectivity index is 1.90. The first-order valence-corrected chi connectivity index (χ1v) is 9.74. The van der Waals surface area contributed by atoms with Crippen LogP contribution in [0.25, 0.3) is 0 Å². The summed E-state index contributed by atoms with van der Waals surface area (Å²) >= 11 is 3.23. The second-order valence-electron chi connectivity index (χ2n) is 5.13. The molecule has 0 amide bonds. The molecular weight excluding hydrogens is 336 g/mol. The minimum atomic E-state index is 0.00998. The van der Waals surface area contributed by atoms with Crippen molar-refractivity contribution >= 4 is 23.5 Å². The van der Waals surface area contributed by atoms with Crippen LogP contribution in [-0.4, -0.2) is 23.4 Å². The molecule has 0 bridgehead atoms. The van der Waals surface area contributed by atoms with Crippen molar-refractivity contribution in [1.82, 2.24) is 0 Å². The van der Waals surface area contributed by atoms with Crippen molar-refractivity contribution in [2.75, 3.05) is 13.2 Å². The lowest BCUT2D eigenvalue weighted by Gasteiger charge is -2.05. The molecule has 2 aromatic carbocycles. The Bertz CT molecular complexity index is 592. The minimum absolute atomic E-state index is 0.00998. The van der Waals surface area contributed by atoms with Crippen molar-refractivity contribution in [2.45, 2.75) is 11.5 Å². The van der Waals surface area contributed by atoms with Crippen molar-refractivity contribution in [3.05, 3.63) is 93.8 Å². The van der Waals surface area contributed by atoms with Crippen molar-refractivity contribution in [3.63, 3.8) is 0 Å². The molecule has 0 aliphatic rings. The Morgan fingerprint density at radius 2 is 1.04 bits per heavy atom. The highest BCUT2D eigenvalue weighted by Gasteiger charge is 2.00. The molecule has 0 aromatic heterocycles. The zero-order valence-electron chi connectivity index (χ0n) is 13.5. The smallest absolute Gasteiger partial charge is 0.0740 e.